The van der Waals surface area contributed by atoms with E-state index in [1.807, 2.05) is 6.07 Å². The maximum atomic E-state index is 5.42. The molecule has 1 aliphatic heterocycles. The number of fused-ring (bicyclic) bond motifs is 1. The van der Waals surface area contributed by atoms with Crippen LogP contribution in [0.15, 0.2) is 29.8 Å². The summed E-state index contributed by atoms with van der Waals surface area (Å²) >= 11 is 0. The van der Waals surface area contributed by atoms with E-state index in [2.05, 4.69) is 30.4 Å². The van der Waals surface area contributed by atoms with Crippen molar-refractivity contribution in [2.45, 2.75) is 38.6 Å². The Bertz CT molecular complexity index is 482. The molecule has 1 aromatic carbocycles. The molecule has 19 heavy (non-hydrogen) atoms. The SMILES string of the molecule is CC(NCCC1=CCCC1)c1ccc2c(c1)OCO2. The van der Waals surface area contributed by atoms with Crippen LogP contribution in [0.5, 0.6) is 11.5 Å². The molecule has 2 aliphatic rings. The molecule has 1 aromatic rings. The van der Waals surface area contributed by atoms with E-state index < -0.39 is 0 Å². The fourth-order valence-electron chi connectivity index (χ4n) is 2.71. The van der Waals surface area contributed by atoms with Gasteiger partial charge in [-0.2, -0.15) is 0 Å². The molecule has 0 bridgehead atoms. The summed E-state index contributed by atoms with van der Waals surface area (Å²) in [5, 5.41) is 3.58. The Morgan fingerprint density at radius 3 is 3.00 bits per heavy atom. The molecule has 1 aliphatic carbocycles. The van der Waals surface area contributed by atoms with Crippen molar-refractivity contribution in [2.24, 2.45) is 0 Å². The van der Waals surface area contributed by atoms with Crippen molar-refractivity contribution in [3.63, 3.8) is 0 Å². The van der Waals surface area contributed by atoms with Gasteiger partial charge in [-0.3, -0.25) is 0 Å². The van der Waals surface area contributed by atoms with Gasteiger partial charge in [0.25, 0.3) is 0 Å². The Hall–Kier alpha value is -1.48. The van der Waals surface area contributed by atoms with Crippen molar-refractivity contribution in [2.75, 3.05) is 13.3 Å². The lowest BCUT2D eigenvalue weighted by atomic mass is 10.1. The molecule has 3 nitrogen and oxygen atoms in total. The Morgan fingerprint density at radius 1 is 1.26 bits per heavy atom. The third-order valence-electron chi connectivity index (χ3n) is 3.93. The summed E-state index contributed by atoms with van der Waals surface area (Å²) in [6.45, 7) is 3.58. The molecule has 0 aromatic heterocycles. The van der Waals surface area contributed by atoms with Crippen molar-refractivity contribution in [3.05, 3.63) is 35.4 Å². The largest absolute Gasteiger partial charge is 0.454 e. The third-order valence-corrected chi connectivity index (χ3v) is 3.93. The zero-order valence-electron chi connectivity index (χ0n) is 11.4. The average Bonchev–Trinajstić information content (AvgIpc) is 3.08. The molecule has 0 saturated heterocycles. The summed E-state index contributed by atoms with van der Waals surface area (Å²) < 4.78 is 10.7. The first-order valence-corrected chi connectivity index (χ1v) is 7.14. The second-order valence-electron chi connectivity index (χ2n) is 5.29. The quantitative estimate of drug-likeness (QED) is 0.820. The summed E-state index contributed by atoms with van der Waals surface area (Å²) in [4.78, 5) is 0. The minimum absolute atomic E-state index is 0.342. The first-order valence-electron chi connectivity index (χ1n) is 7.14. The van der Waals surface area contributed by atoms with E-state index in [1.165, 1.54) is 31.2 Å². The summed E-state index contributed by atoms with van der Waals surface area (Å²) in [6.07, 6.45) is 7.47. The van der Waals surface area contributed by atoms with Crippen LogP contribution in [0.2, 0.25) is 0 Å². The first kappa shape index (κ1) is 12.5. The van der Waals surface area contributed by atoms with E-state index in [9.17, 15) is 0 Å². The molecule has 0 radical (unpaired) electrons. The number of nitrogens with one attached hydrogen (secondary N) is 1. The predicted molar refractivity (Wildman–Crippen MR) is 75.5 cm³/mol. The fourth-order valence-corrected chi connectivity index (χ4v) is 2.71. The monoisotopic (exact) mass is 259 g/mol. The number of hydrogen-bond acceptors (Lipinski definition) is 3. The lowest BCUT2D eigenvalue weighted by molar-refractivity contribution is 0.174. The predicted octanol–water partition coefficient (Wildman–Crippen LogP) is 3.57. The van der Waals surface area contributed by atoms with Crippen molar-refractivity contribution >= 4 is 0 Å². The van der Waals surface area contributed by atoms with E-state index in [-0.39, 0.29) is 0 Å². The highest BCUT2D eigenvalue weighted by Gasteiger charge is 2.15. The summed E-state index contributed by atoms with van der Waals surface area (Å²) in [7, 11) is 0. The van der Waals surface area contributed by atoms with Gasteiger partial charge in [0.2, 0.25) is 6.79 Å². The normalized spacial score (nSPS) is 18.5. The van der Waals surface area contributed by atoms with Gasteiger partial charge in [0.15, 0.2) is 11.5 Å². The molecule has 0 fully saturated rings. The summed E-state index contributed by atoms with van der Waals surface area (Å²) in [5.74, 6) is 1.72. The molecule has 3 heteroatoms. The van der Waals surface area contributed by atoms with Gasteiger partial charge in [-0.15, -0.1) is 0 Å². The van der Waals surface area contributed by atoms with Crippen LogP contribution in [0.25, 0.3) is 0 Å². The van der Waals surface area contributed by atoms with Gasteiger partial charge in [-0.05, 0) is 56.8 Å². The van der Waals surface area contributed by atoms with Gasteiger partial charge in [-0.1, -0.05) is 17.7 Å². The maximum absolute atomic E-state index is 5.42. The Balaban J connectivity index is 1.53. The molecule has 3 rings (SSSR count). The molecule has 1 atom stereocenters. The number of ether oxygens (including phenoxy) is 2. The number of allylic oxidation sites excluding steroid dienone is 1. The minimum atomic E-state index is 0.342. The molecule has 1 N–H and O–H groups in total. The first-order chi connectivity index (χ1) is 9.33. The zero-order chi connectivity index (χ0) is 13.1. The molecular weight excluding hydrogens is 238 g/mol. The van der Waals surface area contributed by atoms with Crippen LogP contribution in [0.4, 0.5) is 0 Å². The standard InChI is InChI=1S/C16H21NO2/c1-12(17-9-8-13-4-2-3-5-13)14-6-7-15-16(10-14)19-11-18-15/h4,6-7,10,12,17H,2-3,5,8-9,11H2,1H3. The highest BCUT2D eigenvalue weighted by molar-refractivity contribution is 5.45. The van der Waals surface area contributed by atoms with Crippen LogP contribution in [-0.2, 0) is 0 Å². The Labute approximate surface area is 114 Å². The highest BCUT2D eigenvalue weighted by atomic mass is 16.7. The fraction of sp³-hybridized carbons (Fsp3) is 0.500. The van der Waals surface area contributed by atoms with Crippen LogP contribution < -0.4 is 14.8 Å². The number of rotatable bonds is 5. The van der Waals surface area contributed by atoms with E-state index in [1.54, 1.807) is 5.57 Å². The van der Waals surface area contributed by atoms with Crippen molar-refractivity contribution in [3.8, 4) is 11.5 Å². The summed E-state index contributed by atoms with van der Waals surface area (Å²) in [6, 6.07) is 6.53. The molecule has 1 unspecified atom stereocenters. The van der Waals surface area contributed by atoms with Crippen LogP contribution in [0.3, 0.4) is 0 Å². The minimum Gasteiger partial charge on any atom is -0.454 e. The van der Waals surface area contributed by atoms with Crippen molar-refractivity contribution in [1.29, 1.82) is 0 Å². The number of benzene rings is 1. The molecular formula is C16H21NO2. The van der Waals surface area contributed by atoms with E-state index in [0.29, 0.717) is 12.8 Å². The second kappa shape index (κ2) is 5.66. The van der Waals surface area contributed by atoms with E-state index in [4.69, 9.17) is 9.47 Å². The highest BCUT2D eigenvalue weighted by Crippen LogP contribution is 2.34. The molecule has 1 heterocycles. The van der Waals surface area contributed by atoms with Gasteiger partial charge in [0.1, 0.15) is 0 Å². The lowest BCUT2D eigenvalue weighted by Gasteiger charge is -2.15. The van der Waals surface area contributed by atoms with Gasteiger partial charge >= 0.3 is 0 Å². The van der Waals surface area contributed by atoms with Crippen LogP contribution >= 0.6 is 0 Å². The molecule has 0 saturated carbocycles. The van der Waals surface area contributed by atoms with Crippen molar-refractivity contribution < 1.29 is 9.47 Å². The number of hydrogen-bond donors (Lipinski definition) is 1. The van der Waals surface area contributed by atoms with Crippen LogP contribution in [0, 0.1) is 0 Å². The van der Waals surface area contributed by atoms with Gasteiger partial charge in [-0.25, -0.2) is 0 Å². The van der Waals surface area contributed by atoms with Gasteiger partial charge in [0, 0.05) is 6.04 Å². The third kappa shape index (κ3) is 2.92. The maximum Gasteiger partial charge on any atom is 0.231 e. The van der Waals surface area contributed by atoms with E-state index >= 15 is 0 Å². The second-order valence-corrected chi connectivity index (χ2v) is 5.29. The van der Waals surface area contributed by atoms with E-state index in [0.717, 1.165) is 18.0 Å². The van der Waals surface area contributed by atoms with Crippen LogP contribution in [0.1, 0.15) is 44.2 Å². The van der Waals surface area contributed by atoms with Gasteiger partial charge < -0.3 is 14.8 Å². The topological polar surface area (TPSA) is 30.5 Å². The molecule has 0 amide bonds. The molecule has 0 spiro atoms. The van der Waals surface area contributed by atoms with Crippen molar-refractivity contribution in [1.82, 2.24) is 5.32 Å². The van der Waals surface area contributed by atoms with Crippen LogP contribution in [-0.4, -0.2) is 13.3 Å². The Morgan fingerprint density at radius 2 is 2.16 bits per heavy atom. The summed E-state index contributed by atoms with van der Waals surface area (Å²) in [5.41, 5.74) is 2.87. The zero-order valence-corrected chi connectivity index (χ0v) is 11.4. The Kier molecular flexibility index (Phi) is 3.74. The smallest absolute Gasteiger partial charge is 0.231 e. The van der Waals surface area contributed by atoms with Gasteiger partial charge in [0.05, 0.1) is 0 Å². The average molecular weight is 259 g/mol. The molecule has 102 valence electrons. The lowest BCUT2D eigenvalue weighted by Crippen LogP contribution is -2.20.